The van der Waals surface area contributed by atoms with E-state index < -0.39 is 23.5 Å². The summed E-state index contributed by atoms with van der Waals surface area (Å²) in [6.45, 7) is 3.30. The second kappa shape index (κ2) is 5.96. The number of benzene rings is 2. The largest absolute Gasteiger partial charge is 0.462 e. The minimum Gasteiger partial charge on any atom is -0.462 e. The summed E-state index contributed by atoms with van der Waals surface area (Å²) >= 11 is 0. The van der Waals surface area contributed by atoms with Crippen LogP contribution in [0.4, 0.5) is 0 Å². The van der Waals surface area contributed by atoms with E-state index in [1.165, 1.54) is 0 Å². The van der Waals surface area contributed by atoms with E-state index in [2.05, 4.69) is 0 Å². The molecule has 1 aliphatic rings. The van der Waals surface area contributed by atoms with E-state index in [0.29, 0.717) is 0 Å². The molecular formula is C18H16O6. The van der Waals surface area contributed by atoms with Gasteiger partial charge in [-0.3, -0.25) is 0 Å². The zero-order valence-electron chi connectivity index (χ0n) is 13.3. The van der Waals surface area contributed by atoms with Gasteiger partial charge in [0.05, 0.1) is 18.8 Å². The molecule has 0 bridgehead atoms. The van der Waals surface area contributed by atoms with Gasteiger partial charge in [-0.15, -0.1) is 0 Å². The van der Waals surface area contributed by atoms with E-state index >= 15 is 0 Å². The Hall–Kier alpha value is -2.89. The standard InChI is InChI=1S/C18H16O6/c1-3-22-16(20)18(17(21)23-4-2)14-10-12-8-6-5-7-11(12)9-13(14)15(19)24-18/h5-10H,3-4H2,1-2H3. The number of cyclic esters (lactones) is 1. The topological polar surface area (TPSA) is 78.9 Å². The first kappa shape index (κ1) is 16.0. The van der Waals surface area contributed by atoms with Gasteiger partial charge in [0.15, 0.2) is 0 Å². The third-order valence-corrected chi connectivity index (χ3v) is 3.86. The maximum atomic E-state index is 12.5. The third-order valence-electron chi connectivity index (χ3n) is 3.86. The number of carbonyl (C=O) groups is 3. The Labute approximate surface area is 138 Å². The Morgan fingerprint density at radius 3 is 2.08 bits per heavy atom. The van der Waals surface area contributed by atoms with Crippen LogP contribution < -0.4 is 0 Å². The minimum absolute atomic E-state index is 0.0421. The van der Waals surface area contributed by atoms with Gasteiger partial charge < -0.3 is 14.2 Å². The molecular weight excluding hydrogens is 312 g/mol. The molecule has 0 aliphatic carbocycles. The van der Waals surface area contributed by atoms with Crippen molar-refractivity contribution in [1.29, 1.82) is 0 Å². The molecule has 6 heteroatoms. The first-order valence-electron chi connectivity index (χ1n) is 7.65. The molecule has 3 rings (SSSR count). The Kier molecular flexibility index (Phi) is 3.97. The Morgan fingerprint density at radius 2 is 1.54 bits per heavy atom. The normalized spacial score (nSPS) is 14.8. The summed E-state index contributed by atoms with van der Waals surface area (Å²) in [5.41, 5.74) is -1.89. The van der Waals surface area contributed by atoms with Gasteiger partial charge in [-0.2, -0.15) is 0 Å². The SMILES string of the molecule is CCOC(=O)C1(C(=O)OCC)OC(=O)c2cc3ccccc3cc21. The van der Waals surface area contributed by atoms with E-state index in [1.807, 2.05) is 24.3 Å². The lowest BCUT2D eigenvalue weighted by Crippen LogP contribution is -2.46. The lowest BCUT2D eigenvalue weighted by molar-refractivity contribution is -0.183. The van der Waals surface area contributed by atoms with Crippen LogP contribution in [0.3, 0.4) is 0 Å². The zero-order valence-corrected chi connectivity index (χ0v) is 13.3. The molecule has 6 nitrogen and oxygen atoms in total. The van der Waals surface area contributed by atoms with E-state index in [9.17, 15) is 14.4 Å². The van der Waals surface area contributed by atoms with E-state index in [-0.39, 0.29) is 24.3 Å². The zero-order chi connectivity index (χ0) is 17.3. The lowest BCUT2D eigenvalue weighted by atomic mass is 9.90. The predicted octanol–water partition coefficient (Wildman–Crippen LogP) is 2.33. The molecule has 0 saturated heterocycles. The fourth-order valence-corrected chi connectivity index (χ4v) is 2.80. The highest BCUT2D eigenvalue weighted by atomic mass is 16.6. The van der Waals surface area contributed by atoms with Gasteiger partial charge in [0.1, 0.15) is 0 Å². The molecule has 124 valence electrons. The Morgan fingerprint density at radius 1 is 1.00 bits per heavy atom. The van der Waals surface area contributed by atoms with Crippen molar-refractivity contribution in [3.05, 3.63) is 47.5 Å². The Balaban J connectivity index is 2.26. The highest BCUT2D eigenvalue weighted by Crippen LogP contribution is 2.41. The van der Waals surface area contributed by atoms with Gasteiger partial charge in [-0.25, -0.2) is 14.4 Å². The van der Waals surface area contributed by atoms with Gasteiger partial charge in [0.25, 0.3) is 0 Å². The molecule has 1 heterocycles. The highest BCUT2D eigenvalue weighted by Gasteiger charge is 2.60. The van der Waals surface area contributed by atoms with Crippen molar-refractivity contribution in [2.45, 2.75) is 19.4 Å². The first-order chi connectivity index (χ1) is 11.5. The Bertz CT molecular complexity index is 821. The number of ether oxygens (including phenoxy) is 3. The average molecular weight is 328 g/mol. The van der Waals surface area contributed by atoms with Crippen LogP contribution in [0.2, 0.25) is 0 Å². The number of hydrogen-bond donors (Lipinski definition) is 0. The molecule has 0 N–H and O–H groups in total. The van der Waals surface area contributed by atoms with Gasteiger partial charge in [-0.1, -0.05) is 24.3 Å². The summed E-state index contributed by atoms with van der Waals surface area (Å²) < 4.78 is 15.2. The van der Waals surface area contributed by atoms with Gasteiger partial charge >= 0.3 is 23.5 Å². The number of rotatable bonds is 4. The summed E-state index contributed by atoms with van der Waals surface area (Å²) in [5.74, 6) is -2.66. The van der Waals surface area contributed by atoms with Crippen LogP contribution >= 0.6 is 0 Å². The number of esters is 3. The van der Waals surface area contributed by atoms with Crippen LogP contribution in [-0.4, -0.2) is 31.1 Å². The maximum absolute atomic E-state index is 12.5. The van der Waals surface area contributed by atoms with Gasteiger partial charge in [0, 0.05) is 5.56 Å². The van der Waals surface area contributed by atoms with Crippen LogP contribution in [0, 0.1) is 0 Å². The van der Waals surface area contributed by atoms with Crippen molar-refractivity contribution in [2.24, 2.45) is 0 Å². The highest BCUT2D eigenvalue weighted by molar-refractivity contribution is 6.14. The molecule has 0 spiro atoms. The summed E-state index contributed by atoms with van der Waals surface area (Å²) in [6.07, 6.45) is 0. The van der Waals surface area contributed by atoms with Crippen LogP contribution in [0.15, 0.2) is 36.4 Å². The summed E-state index contributed by atoms with van der Waals surface area (Å²) in [4.78, 5) is 37.4. The van der Waals surface area contributed by atoms with Crippen LogP contribution in [0.25, 0.3) is 10.8 Å². The second-order valence-corrected chi connectivity index (χ2v) is 5.26. The fourth-order valence-electron chi connectivity index (χ4n) is 2.80. The number of hydrogen-bond acceptors (Lipinski definition) is 6. The van der Waals surface area contributed by atoms with Crippen molar-refractivity contribution in [3.8, 4) is 0 Å². The van der Waals surface area contributed by atoms with E-state index in [1.54, 1.807) is 26.0 Å². The van der Waals surface area contributed by atoms with Crippen molar-refractivity contribution in [2.75, 3.05) is 13.2 Å². The summed E-state index contributed by atoms with van der Waals surface area (Å²) in [7, 11) is 0. The molecule has 1 aliphatic heterocycles. The van der Waals surface area contributed by atoms with Crippen LogP contribution in [0.1, 0.15) is 29.8 Å². The van der Waals surface area contributed by atoms with Crippen molar-refractivity contribution >= 4 is 28.7 Å². The minimum atomic E-state index is -2.21. The first-order valence-corrected chi connectivity index (χ1v) is 7.65. The van der Waals surface area contributed by atoms with Crippen LogP contribution in [-0.2, 0) is 29.4 Å². The maximum Gasteiger partial charge on any atom is 0.367 e. The molecule has 2 aromatic rings. The van der Waals surface area contributed by atoms with E-state index in [4.69, 9.17) is 14.2 Å². The predicted molar refractivity (Wildman–Crippen MR) is 84.3 cm³/mol. The average Bonchev–Trinajstić information content (AvgIpc) is 2.87. The van der Waals surface area contributed by atoms with Crippen molar-refractivity contribution in [1.82, 2.24) is 0 Å². The molecule has 24 heavy (non-hydrogen) atoms. The van der Waals surface area contributed by atoms with Gasteiger partial charge in [0.2, 0.25) is 0 Å². The fraction of sp³-hybridized carbons (Fsp3) is 0.278. The number of fused-ring (bicyclic) bond motifs is 2. The molecule has 0 unspecified atom stereocenters. The van der Waals surface area contributed by atoms with Crippen molar-refractivity contribution < 1.29 is 28.6 Å². The monoisotopic (exact) mass is 328 g/mol. The molecule has 0 radical (unpaired) electrons. The molecule has 0 atom stereocenters. The lowest BCUT2D eigenvalue weighted by Gasteiger charge is -2.24. The summed E-state index contributed by atoms with van der Waals surface area (Å²) in [6, 6.07) is 10.5. The quantitative estimate of drug-likeness (QED) is 0.487. The van der Waals surface area contributed by atoms with Crippen molar-refractivity contribution in [3.63, 3.8) is 0 Å². The van der Waals surface area contributed by atoms with E-state index in [0.717, 1.165) is 10.8 Å². The molecule has 0 saturated carbocycles. The second-order valence-electron chi connectivity index (χ2n) is 5.26. The third kappa shape index (κ3) is 2.22. The molecule has 0 amide bonds. The number of carbonyl (C=O) groups excluding carboxylic acids is 3. The summed E-state index contributed by atoms with van der Waals surface area (Å²) in [5, 5.41) is 1.57. The van der Waals surface area contributed by atoms with Crippen LogP contribution in [0.5, 0.6) is 0 Å². The molecule has 0 aromatic heterocycles. The van der Waals surface area contributed by atoms with Gasteiger partial charge in [-0.05, 0) is 36.8 Å². The smallest absolute Gasteiger partial charge is 0.367 e. The molecule has 2 aromatic carbocycles. The molecule has 0 fully saturated rings.